The van der Waals surface area contributed by atoms with Crippen LogP contribution in [0.25, 0.3) is 0 Å². The fourth-order valence-corrected chi connectivity index (χ4v) is 1.84. The molecular weight excluding hydrogens is 192 g/mol. The molecular formula is C11H14N2O2. The highest BCUT2D eigenvalue weighted by Gasteiger charge is 2.38. The molecule has 1 fully saturated rings. The van der Waals surface area contributed by atoms with E-state index in [-0.39, 0.29) is 5.78 Å². The van der Waals surface area contributed by atoms with E-state index >= 15 is 0 Å². The Morgan fingerprint density at radius 1 is 1.67 bits per heavy atom. The van der Waals surface area contributed by atoms with E-state index in [4.69, 9.17) is 10.5 Å². The van der Waals surface area contributed by atoms with Gasteiger partial charge in [0.1, 0.15) is 5.60 Å². The molecule has 0 amide bonds. The number of Topliss-reactive ketones (excluding diaryl/α,β-unsaturated/α-hetero) is 1. The summed E-state index contributed by atoms with van der Waals surface area (Å²) in [4.78, 5) is 16.1. The molecule has 2 rings (SSSR count). The lowest BCUT2D eigenvalue weighted by Gasteiger charge is -2.21. The molecule has 1 aromatic heterocycles. The van der Waals surface area contributed by atoms with Gasteiger partial charge in [0.2, 0.25) is 0 Å². The molecule has 2 heterocycles. The normalized spacial score (nSPS) is 25.4. The highest BCUT2D eigenvalue weighted by Crippen LogP contribution is 2.30. The lowest BCUT2D eigenvalue weighted by atomic mass is 9.92. The molecule has 1 atom stereocenters. The first kappa shape index (κ1) is 10.1. The molecule has 15 heavy (non-hydrogen) atoms. The Labute approximate surface area is 88.4 Å². The molecule has 80 valence electrons. The summed E-state index contributed by atoms with van der Waals surface area (Å²) in [5, 5.41) is 0. The zero-order chi connectivity index (χ0) is 10.9. The van der Waals surface area contributed by atoms with Crippen molar-refractivity contribution >= 4 is 11.5 Å². The maximum Gasteiger partial charge on any atom is 0.197 e. The van der Waals surface area contributed by atoms with Crippen LogP contribution in [0.2, 0.25) is 0 Å². The first-order valence-electron chi connectivity index (χ1n) is 5.02. The fourth-order valence-electron chi connectivity index (χ4n) is 1.84. The van der Waals surface area contributed by atoms with E-state index in [9.17, 15) is 4.79 Å². The van der Waals surface area contributed by atoms with Crippen LogP contribution in [0.15, 0.2) is 18.5 Å². The van der Waals surface area contributed by atoms with Crippen LogP contribution in [0.3, 0.4) is 0 Å². The molecule has 4 heteroatoms. The molecule has 4 nitrogen and oxygen atoms in total. The van der Waals surface area contributed by atoms with E-state index < -0.39 is 5.60 Å². The van der Waals surface area contributed by atoms with Gasteiger partial charge in [-0.15, -0.1) is 0 Å². The highest BCUT2D eigenvalue weighted by molar-refractivity contribution is 6.05. The highest BCUT2D eigenvalue weighted by atomic mass is 16.5. The smallest absolute Gasteiger partial charge is 0.197 e. The average molecular weight is 206 g/mol. The third-order valence-electron chi connectivity index (χ3n) is 2.80. The molecule has 2 N–H and O–H groups in total. The number of ether oxygens (including phenoxy) is 1. The molecule has 0 bridgehead atoms. The van der Waals surface area contributed by atoms with Gasteiger partial charge in [-0.3, -0.25) is 9.78 Å². The number of nitrogens with zero attached hydrogens (tertiary/aromatic N) is 1. The second-order valence-corrected chi connectivity index (χ2v) is 3.97. The summed E-state index contributed by atoms with van der Waals surface area (Å²) in [6.07, 6.45) is 4.75. The van der Waals surface area contributed by atoms with Gasteiger partial charge in [0.25, 0.3) is 0 Å². The van der Waals surface area contributed by atoms with Crippen molar-refractivity contribution in [3.63, 3.8) is 0 Å². The summed E-state index contributed by atoms with van der Waals surface area (Å²) >= 11 is 0. The minimum absolute atomic E-state index is 0.0643. The number of rotatable bonds is 2. The second kappa shape index (κ2) is 3.62. The minimum atomic E-state index is -0.711. The molecule has 0 aromatic carbocycles. The first-order valence-corrected chi connectivity index (χ1v) is 5.02. The van der Waals surface area contributed by atoms with Crippen LogP contribution in [-0.2, 0) is 4.74 Å². The number of hydrogen-bond donors (Lipinski definition) is 1. The number of nitrogen functional groups attached to an aromatic ring is 1. The number of ketones is 1. The van der Waals surface area contributed by atoms with Crippen LogP contribution in [0.4, 0.5) is 5.69 Å². The molecule has 0 saturated carbocycles. The SMILES string of the molecule is CC1(C(=O)c2cnccc2N)CCCO1. The third kappa shape index (κ3) is 1.72. The number of carbonyl (C=O) groups is 1. The van der Waals surface area contributed by atoms with E-state index in [1.165, 1.54) is 6.20 Å². The topological polar surface area (TPSA) is 65.2 Å². The minimum Gasteiger partial charge on any atom is -0.398 e. The maximum absolute atomic E-state index is 12.1. The first-order chi connectivity index (χ1) is 7.13. The van der Waals surface area contributed by atoms with Gasteiger partial charge in [0.05, 0.1) is 5.56 Å². The quantitative estimate of drug-likeness (QED) is 0.743. The fraction of sp³-hybridized carbons (Fsp3) is 0.455. The number of carbonyl (C=O) groups excluding carboxylic acids is 1. The van der Waals surface area contributed by atoms with E-state index in [0.717, 1.165) is 12.8 Å². The lowest BCUT2D eigenvalue weighted by Crippen LogP contribution is -2.34. The van der Waals surface area contributed by atoms with Gasteiger partial charge >= 0.3 is 0 Å². The Hall–Kier alpha value is -1.42. The summed E-state index contributed by atoms with van der Waals surface area (Å²) in [6, 6.07) is 1.63. The van der Waals surface area contributed by atoms with Gasteiger partial charge in [-0.05, 0) is 25.8 Å². The van der Waals surface area contributed by atoms with Crippen LogP contribution in [0.5, 0.6) is 0 Å². The van der Waals surface area contributed by atoms with Crippen LogP contribution < -0.4 is 5.73 Å². The average Bonchev–Trinajstić information content (AvgIpc) is 2.66. The van der Waals surface area contributed by atoms with E-state index in [1.807, 2.05) is 6.92 Å². The van der Waals surface area contributed by atoms with Crippen molar-refractivity contribution in [2.24, 2.45) is 0 Å². The van der Waals surface area contributed by atoms with Gasteiger partial charge < -0.3 is 10.5 Å². The van der Waals surface area contributed by atoms with Crippen molar-refractivity contribution in [3.8, 4) is 0 Å². The molecule has 1 aromatic rings. The molecule has 1 aliphatic heterocycles. The predicted octanol–water partition coefficient (Wildman–Crippen LogP) is 1.42. The predicted molar refractivity (Wildman–Crippen MR) is 56.6 cm³/mol. The summed E-state index contributed by atoms with van der Waals surface area (Å²) in [6.45, 7) is 2.46. The van der Waals surface area contributed by atoms with Gasteiger partial charge in [0.15, 0.2) is 5.78 Å². The number of hydrogen-bond acceptors (Lipinski definition) is 4. The summed E-state index contributed by atoms with van der Waals surface area (Å²) in [5.41, 5.74) is 5.95. The Balaban J connectivity index is 2.32. The largest absolute Gasteiger partial charge is 0.398 e. The van der Waals surface area contributed by atoms with Gasteiger partial charge in [0, 0.05) is 24.7 Å². The Kier molecular flexibility index (Phi) is 2.44. The Morgan fingerprint density at radius 3 is 3.07 bits per heavy atom. The van der Waals surface area contributed by atoms with Crippen LogP contribution >= 0.6 is 0 Å². The summed E-state index contributed by atoms with van der Waals surface area (Å²) in [7, 11) is 0. The Morgan fingerprint density at radius 2 is 2.47 bits per heavy atom. The van der Waals surface area contributed by atoms with Crippen LogP contribution in [0, 0.1) is 0 Å². The van der Waals surface area contributed by atoms with Crippen molar-refractivity contribution in [1.82, 2.24) is 4.98 Å². The summed E-state index contributed by atoms with van der Waals surface area (Å²) in [5.74, 6) is -0.0643. The zero-order valence-electron chi connectivity index (χ0n) is 8.69. The van der Waals surface area contributed by atoms with Crippen molar-refractivity contribution in [2.75, 3.05) is 12.3 Å². The Bertz CT molecular complexity index is 384. The van der Waals surface area contributed by atoms with Crippen molar-refractivity contribution in [3.05, 3.63) is 24.0 Å². The summed E-state index contributed by atoms with van der Waals surface area (Å²) < 4.78 is 5.48. The number of anilines is 1. The molecule has 0 spiro atoms. The molecule has 0 aliphatic carbocycles. The number of aromatic nitrogens is 1. The third-order valence-corrected chi connectivity index (χ3v) is 2.80. The van der Waals surface area contributed by atoms with Gasteiger partial charge in [-0.25, -0.2) is 0 Å². The monoisotopic (exact) mass is 206 g/mol. The van der Waals surface area contributed by atoms with E-state index in [2.05, 4.69) is 4.98 Å². The van der Waals surface area contributed by atoms with Crippen molar-refractivity contribution in [1.29, 1.82) is 0 Å². The molecule has 0 radical (unpaired) electrons. The second-order valence-electron chi connectivity index (χ2n) is 3.97. The maximum atomic E-state index is 12.1. The molecule has 1 saturated heterocycles. The van der Waals surface area contributed by atoms with Gasteiger partial charge in [-0.1, -0.05) is 0 Å². The standard InChI is InChI=1S/C11H14N2O2/c1-11(4-2-6-15-11)10(14)8-7-13-5-3-9(8)12/h3,5,7H,2,4,6H2,1H3,(H2,12,13). The number of nitrogens with two attached hydrogens (primary N) is 1. The molecule has 1 aliphatic rings. The molecule has 1 unspecified atom stereocenters. The lowest BCUT2D eigenvalue weighted by molar-refractivity contribution is 0.0214. The van der Waals surface area contributed by atoms with Crippen LogP contribution in [-0.4, -0.2) is 23.0 Å². The van der Waals surface area contributed by atoms with E-state index in [1.54, 1.807) is 12.3 Å². The number of pyridine rings is 1. The van der Waals surface area contributed by atoms with Gasteiger partial charge in [-0.2, -0.15) is 0 Å². The van der Waals surface area contributed by atoms with Crippen molar-refractivity contribution < 1.29 is 9.53 Å². The van der Waals surface area contributed by atoms with Crippen LogP contribution in [0.1, 0.15) is 30.1 Å². The van der Waals surface area contributed by atoms with Crippen molar-refractivity contribution in [2.45, 2.75) is 25.4 Å². The zero-order valence-corrected chi connectivity index (χ0v) is 8.69. The van der Waals surface area contributed by atoms with E-state index in [0.29, 0.717) is 17.9 Å².